The van der Waals surface area contributed by atoms with E-state index in [-0.39, 0.29) is 11.9 Å². The second-order valence-electron chi connectivity index (χ2n) is 6.94. The van der Waals surface area contributed by atoms with Crippen LogP contribution in [0.1, 0.15) is 47.5 Å². The molecule has 0 spiro atoms. The maximum Gasteiger partial charge on any atom is 0.287 e. The van der Waals surface area contributed by atoms with Crippen LogP contribution < -0.4 is 16.0 Å². The quantitative estimate of drug-likeness (QED) is 0.374. The minimum atomic E-state index is -0.183. The second kappa shape index (κ2) is 9.38. The summed E-state index contributed by atoms with van der Waals surface area (Å²) in [4.78, 5) is 21.1. The molecular formula is C19H29N7O2. The Morgan fingerprint density at radius 1 is 1.39 bits per heavy atom. The van der Waals surface area contributed by atoms with Crippen molar-refractivity contribution in [2.75, 3.05) is 19.6 Å². The Bertz CT molecular complexity index is 824. The van der Waals surface area contributed by atoms with E-state index in [1.807, 2.05) is 25.5 Å². The predicted molar refractivity (Wildman–Crippen MR) is 106 cm³/mol. The summed E-state index contributed by atoms with van der Waals surface area (Å²) in [6.45, 7) is 8.57. The number of carbonyl (C=O) groups excluding carboxylic acids is 1. The largest absolute Gasteiger partial charge is 0.459 e. The van der Waals surface area contributed by atoms with Crippen LogP contribution in [0.25, 0.3) is 0 Å². The number of nitrogens with zero attached hydrogens (tertiary/aromatic N) is 4. The first-order chi connectivity index (χ1) is 13.6. The van der Waals surface area contributed by atoms with Crippen LogP contribution in [-0.2, 0) is 13.0 Å². The first kappa shape index (κ1) is 19.9. The molecule has 1 aliphatic rings. The monoisotopic (exact) mass is 387 g/mol. The van der Waals surface area contributed by atoms with Gasteiger partial charge < -0.3 is 20.4 Å². The number of guanidine groups is 1. The number of carbonyl (C=O) groups is 1. The lowest BCUT2D eigenvalue weighted by Crippen LogP contribution is -2.47. The first-order valence-corrected chi connectivity index (χ1v) is 9.84. The van der Waals surface area contributed by atoms with Gasteiger partial charge in [-0.2, -0.15) is 5.10 Å². The van der Waals surface area contributed by atoms with Gasteiger partial charge in [-0.05, 0) is 39.7 Å². The molecule has 0 radical (unpaired) electrons. The maximum absolute atomic E-state index is 12.0. The van der Waals surface area contributed by atoms with Crippen molar-refractivity contribution < 1.29 is 9.21 Å². The fourth-order valence-corrected chi connectivity index (χ4v) is 3.22. The predicted octanol–water partition coefficient (Wildman–Crippen LogP) is 1.18. The Labute approximate surface area is 165 Å². The molecule has 9 heteroatoms. The molecule has 0 saturated heterocycles. The number of amides is 1. The van der Waals surface area contributed by atoms with Crippen LogP contribution in [-0.4, -0.2) is 52.3 Å². The normalized spacial score (nSPS) is 16.5. The summed E-state index contributed by atoms with van der Waals surface area (Å²) >= 11 is 0. The van der Waals surface area contributed by atoms with Crippen LogP contribution in [0, 0.1) is 13.8 Å². The number of nitrogens with one attached hydrogen (secondary N) is 3. The van der Waals surface area contributed by atoms with Gasteiger partial charge in [0.15, 0.2) is 11.7 Å². The van der Waals surface area contributed by atoms with Gasteiger partial charge in [-0.3, -0.25) is 9.79 Å². The summed E-state index contributed by atoms with van der Waals surface area (Å²) < 4.78 is 7.17. The van der Waals surface area contributed by atoms with E-state index in [4.69, 9.17) is 4.42 Å². The number of hydrogen-bond acceptors (Lipinski definition) is 5. The van der Waals surface area contributed by atoms with Crippen molar-refractivity contribution in [2.24, 2.45) is 4.99 Å². The number of hydrogen-bond donors (Lipinski definition) is 3. The average Bonchev–Trinajstić information content (AvgIpc) is 3.25. The van der Waals surface area contributed by atoms with Gasteiger partial charge in [-0.1, -0.05) is 0 Å². The van der Waals surface area contributed by atoms with Gasteiger partial charge in [0, 0.05) is 37.7 Å². The minimum Gasteiger partial charge on any atom is -0.459 e. The molecule has 0 aromatic carbocycles. The second-order valence-corrected chi connectivity index (χ2v) is 6.94. The Morgan fingerprint density at radius 3 is 3.00 bits per heavy atom. The summed E-state index contributed by atoms with van der Waals surface area (Å²) in [5, 5.41) is 14.1. The Hall–Kier alpha value is -2.84. The van der Waals surface area contributed by atoms with E-state index in [0.29, 0.717) is 18.8 Å². The van der Waals surface area contributed by atoms with Crippen molar-refractivity contribution in [3.63, 3.8) is 0 Å². The van der Waals surface area contributed by atoms with Gasteiger partial charge in [0.2, 0.25) is 0 Å². The van der Waals surface area contributed by atoms with Gasteiger partial charge in [-0.25, -0.2) is 9.67 Å². The van der Waals surface area contributed by atoms with E-state index in [9.17, 15) is 4.79 Å². The minimum absolute atomic E-state index is 0.183. The van der Waals surface area contributed by atoms with Crippen molar-refractivity contribution >= 4 is 11.9 Å². The van der Waals surface area contributed by atoms with Crippen LogP contribution >= 0.6 is 0 Å². The fraction of sp³-hybridized carbons (Fsp3) is 0.579. The summed E-state index contributed by atoms with van der Waals surface area (Å²) in [6.07, 6.45) is 4.19. The molecule has 3 N–H and O–H groups in total. The van der Waals surface area contributed by atoms with Crippen molar-refractivity contribution in [3.05, 3.63) is 35.3 Å². The topological polar surface area (TPSA) is 109 Å². The van der Waals surface area contributed by atoms with Crippen LogP contribution in [0.3, 0.4) is 0 Å². The Balaban J connectivity index is 1.44. The summed E-state index contributed by atoms with van der Waals surface area (Å²) in [5.74, 6) is 2.86. The van der Waals surface area contributed by atoms with E-state index < -0.39 is 0 Å². The fourth-order valence-electron chi connectivity index (χ4n) is 3.22. The molecule has 0 saturated carbocycles. The molecule has 3 heterocycles. The number of rotatable bonds is 7. The zero-order chi connectivity index (χ0) is 19.9. The average molecular weight is 387 g/mol. The molecule has 152 valence electrons. The molecule has 2 aromatic rings. The molecule has 3 rings (SSSR count). The molecule has 2 aromatic heterocycles. The highest BCUT2D eigenvalue weighted by Gasteiger charge is 2.21. The lowest BCUT2D eigenvalue weighted by atomic mass is 10.1. The summed E-state index contributed by atoms with van der Waals surface area (Å²) in [5.41, 5.74) is 0.840. The zero-order valence-electron chi connectivity index (χ0n) is 16.8. The third kappa shape index (κ3) is 5.11. The maximum atomic E-state index is 12.0. The van der Waals surface area contributed by atoms with Crippen LogP contribution in [0.2, 0.25) is 0 Å². The number of aryl methyl sites for hydroxylation is 3. The molecule has 0 aliphatic carbocycles. The lowest BCUT2D eigenvalue weighted by molar-refractivity contribution is 0.0925. The molecule has 1 unspecified atom stereocenters. The summed E-state index contributed by atoms with van der Waals surface area (Å²) in [6, 6.07) is 2.05. The van der Waals surface area contributed by atoms with Gasteiger partial charge in [0.25, 0.3) is 5.91 Å². The third-order valence-electron chi connectivity index (χ3n) is 4.61. The van der Waals surface area contributed by atoms with E-state index in [1.54, 1.807) is 6.07 Å². The van der Waals surface area contributed by atoms with Crippen molar-refractivity contribution in [3.8, 4) is 0 Å². The molecule has 0 fully saturated rings. The highest BCUT2D eigenvalue weighted by atomic mass is 16.3. The Kier molecular flexibility index (Phi) is 6.67. The molecule has 1 aliphatic heterocycles. The molecular weight excluding hydrogens is 358 g/mol. The number of fused-ring (bicyclic) bond motifs is 1. The highest BCUT2D eigenvalue weighted by molar-refractivity contribution is 5.92. The van der Waals surface area contributed by atoms with E-state index in [0.717, 1.165) is 55.5 Å². The van der Waals surface area contributed by atoms with E-state index in [1.165, 1.54) is 6.26 Å². The molecule has 28 heavy (non-hydrogen) atoms. The van der Waals surface area contributed by atoms with E-state index >= 15 is 0 Å². The number of aromatic nitrogens is 3. The smallest absolute Gasteiger partial charge is 0.287 e. The van der Waals surface area contributed by atoms with Gasteiger partial charge in [0.1, 0.15) is 11.6 Å². The lowest BCUT2D eigenvalue weighted by Gasteiger charge is -2.25. The molecule has 9 nitrogen and oxygen atoms in total. The highest BCUT2D eigenvalue weighted by Crippen LogP contribution is 2.12. The standard InChI is InChI=1S/C19H29N7O2/c1-4-20-19(24-15-6-7-16-23-14(3)25-26(16)12-15)22-10-5-9-21-18(27)17-13(2)8-11-28-17/h8,11,15H,4-7,9-10,12H2,1-3H3,(H,21,27)(H2,20,22,24). The van der Waals surface area contributed by atoms with Gasteiger partial charge in [0.05, 0.1) is 12.8 Å². The zero-order valence-corrected chi connectivity index (χ0v) is 16.8. The molecule has 0 bridgehead atoms. The Morgan fingerprint density at radius 2 is 2.25 bits per heavy atom. The van der Waals surface area contributed by atoms with Gasteiger partial charge >= 0.3 is 0 Å². The van der Waals surface area contributed by atoms with E-state index in [2.05, 4.69) is 31.0 Å². The van der Waals surface area contributed by atoms with Crippen molar-refractivity contribution in [1.29, 1.82) is 0 Å². The van der Waals surface area contributed by atoms with Crippen LogP contribution in [0.4, 0.5) is 0 Å². The summed E-state index contributed by atoms with van der Waals surface area (Å²) in [7, 11) is 0. The van der Waals surface area contributed by atoms with Crippen LogP contribution in [0.15, 0.2) is 21.7 Å². The third-order valence-corrected chi connectivity index (χ3v) is 4.61. The number of furan rings is 1. The first-order valence-electron chi connectivity index (χ1n) is 9.84. The SMILES string of the molecule is CCNC(=NCCCNC(=O)c1occc1C)NC1CCc2nc(C)nn2C1. The number of aliphatic imine (C=N–C) groups is 1. The van der Waals surface area contributed by atoms with Crippen molar-refractivity contribution in [1.82, 2.24) is 30.7 Å². The molecule has 1 amide bonds. The van der Waals surface area contributed by atoms with Gasteiger partial charge in [-0.15, -0.1) is 0 Å². The van der Waals surface area contributed by atoms with Crippen LogP contribution in [0.5, 0.6) is 0 Å². The van der Waals surface area contributed by atoms with Crippen molar-refractivity contribution in [2.45, 2.75) is 52.6 Å². The molecule has 1 atom stereocenters.